The van der Waals surface area contributed by atoms with Crippen LogP contribution in [-0.4, -0.2) is 51.9 Å². The number of benzene rings is 1. The quantitative estimate of drug-likeness (QED) is 0.812. The van der Waals surface area contributed by atoms with Crippen LogP contribution in [0.1, 0.15) is 24.3 Å². The molecule has 1 aliphatic heterocycles. The summed E-state index contributed by atoms with van der Waals surface area (Å²) >= 11 is 1.53. The third-order valence-corrected chi connectivity index (χ3v) is 4.51. The van der Waals surface area contributed by atoms with Crippen LogP contribution in [0.25, 0.3) is 5.69 Å². The van der Waals surface area contributed by atoms with Gasteiger partial charge in [-0.3, -0.25) is 9.36 Å². The second-order valence-electron chi connectivity index (χ2n) is 5.77. The maximum atomic E-state index is 13.0. The van der Waals surface area contributed by atoms with Gasteiger partial charge in [0.15, 0.2) is 5.16 Å². The zero-order chi connectivity index (χ0) is 16.4. The van der Waals surface area contributed by atoms with E-state index >= 15 is 0 Å². The predicted octanol–water partition coefficient (Wildman–Crippen LogP) is 2.84. The van der Waals surface area contributed by atoms with Gasteiger partial charge in [-0.05, 0) is 32.2 Å². The topological polar surface area (TPSA) is 47.4 Å². The van der Waals surface area contributed by atoms with E-state index in [4.69, 9.17) is 4.74 Å². The summed E-state index contributed by atoms with van der Waals surface area (Å²) in [6.07, 6.45) is 3.74. The fraction of sp³-hybridized carbons (Fsp3) is 0.412. The Balaban J connectivity index is 1.97. The molecule has 122 valence electrons. The number of amides is 1. The monoisotopic (exact) mass is 331 g/mol. The third kappa shape index (κ3) is 3.28. The number of carbonyl (C=O) groups is 1. The van der Waals surface area contributed by atoms with Gasteiger partial charge >= 0.3 is 0 Å². The number of hydrogen-bond acceptors (Lipinski definition) is 4. The lowest BCUT2D eigenvalue weighted by Crippen LogP contribution is -2.48. The van der Waals surface area contributed by atoms with Crippen LogP contribution in [0.5, 0.6) is 0 Å². The average Bonchev–Trinajstić information content (AvgIpc) is 2.98. The second kappa shape index (κ2) is 6.76. The van der Waals surface area contributed by atoms with Gasteiger partial charge in [-0.15, -0.1) is 0 Å². The molecule has 1 saturated heterocycles. The van der Waals surface area contributed by atoms with Crippen molar-refractivity contribution >= 4 is 17.7 Å². The van der Waals surface area contributed by atoms with E-state index in [-0.39, 0.29) is 18.1 Å². The van der Waals surface area contributed by atoms with E-state index in [1.165, 1.54) is 11.8 Å². The first-order chi connectivity index (χ1) is 11.1. The Kier molecular flexibility index (Phi) is 4.73. The number of nitrogens with zero attached hydrogens (tertiary/aromatic N) is 3. The highest BCUT2D eigenvalue weighted by molar-refractivity contribution is 7.98. The Hall–Kier alpha value is -1.79. The first kappa shape index (κ1) is 16.1. The number of rotatable bonds is 3. The van der Waals surface area contributed by atoms with Crippen LogP contribution in [-0.2, 0) is 4.74 Å². The molecule has 23 heavy (non-hydrogen) atoms. The third-order valence-electron chi connectivity index (χ3n) is 3.85. The van der Waals surface area contributed by atoms with Crippen molar-refractivity contribution in [3.8, 4) is 5.69 Å². The highest BCUT2D eigenvalue weighted by Crippen LogP contribution is 2.23. The SMILES string of the molecule is CSc1ncc(C(=O)N2C[C@@H](C)O[C@@H](C)C2)n1-c1ccccc1. The van der Waals surface area contributed by atoms with Crippen LogP contribution < -0.4 is 0 Å². The smallest absolute Gasteiger partial charge is 0.272 e. The zero-order valence-corrected chi connectivity index (χ0v) is 14.4. The van der Waals surface area contributed by atoms with E-state index in [2.05, 4.69) is 4.98 Å². The van der Waals surface area contributed by atoms with Gasteiger partial charge in [0.05, 0.1) is 18.4 Å². The number of para-hydroxylation sites is 1. The molecule has 3 rings (SSSR count). The molecule has 0 unspecified atom stereocenters. The fourth-order valence-electron chi connectivity index (χ4n) is 2.96. The summed E-state index contributed by atoms with van der Waals surface area (Å²) in [6, 6.07) is 9.87. The lowest BCUT2D eigenvalue weighted by atomic mass is 10.2. The molecule has 0 radical (unpaired) electrons. The van der Waals surface area contributed by atoms with Crippen molar-refractivity contribution in [1.29, 1.82) is 0 Å². The van der Waals surface area contributed by atoms with E-state index in [0.29, 0.717) is 18.8 Å². The van der Waals surface area contributed by atoms with Crippen molar-refractivity contribution in [2.45, 2.75) is 31.2 Å². The van der Waals surface area contributed by atoms with Crippen molar-refractivity contribution in [2.24, 2.45) is 0 Å². The number of carbonyl (C=O) groups excluding carboxylic acids is 1. The Morgan fingerprint density at radius 2 is 1.87 bits per heavy atom. The average molecular weight is 331 g/mol. The van der Waals surface area contributed by atoms with Crippen molar-refractivity contribution in [1.82, 2.24) is 14.5 Å². The van der Waals surface area contributed by atoms with E-state index in [9.17, 15) is 4.79 Å². The second-order valence-corrected chi connectivity index (χ2v) is 6.54. The normalized spacial score (nSPS) is 21.4. The number of aromatic nitrogens is 2. The fourth-order valence-corrected chi connectivity index (χ4v) is 3.51. The van der Waals surface area contributed by atoms with Crippen LogP contribution in [0.4, 0.5) is 0 Å². The molecule has 0 bridgehead atoms. The Morgan fingerprint density at radius 3 is 2.48 bits per heavy atom. The standard InChI is InChI=1S/C17H21N3O2S/c1-12-10-19(11-13(2)22-12)16(21)15-9-18-17(23-3)20(15)14-7-5-4-6-8-14/h4-9,12-13H,10-11H2,1-3H3/t12-,13+. The molecule has 0 saturated carbocycles. The molecule has 1 fully saturated rings. The van der Waals surface area contributed by atoms with Gasteiger partial charge in [-0.25, -0.2) is 4.98 Å². The maximum absolute atomic E-state index is 13.0. The minimum Gasteiger partial charge on any atom is -0.372 e. The molecule has 1 aromatic carbocycles. The minimum absolute atomic E-state index is 0.00338. The van der Waals surface area contributed by atoms with Crippen molar-refractivity contribution < 1.29 is 9.53 Å². The molecule has 5 nitrogen and oxygen atoms in total. The minimum atomic E-state index is 0.00338. The highest BCUT2D eigenvalue weighted by Gasteiger charge is 2.29. The summed E-state index contributed by atoms with van der Waals surface area (Å²) in [5.41, 5.74) is 1.55. The van der Waals surface area contributed by atoms with Crippen LogP contribution in [0, 0.1) is 0 Å². The van der Waals surface area contributed by atoms with E-state index in [1.807, 2.05) is 59.9 Å². The van der Waals surface area contributed by atoms with Crippen molar-refractivity contribution in [3.63, 3.8) is 0 Å². The number of ether oxygens (including phenoxy) is 1. The Morgan fingerprint density at radius 1 is 1.22 bits per heavy atom. The molecule has 6 heteroatoms. The maximum Gasteiger partial charge on any atom is 0.272 e. The van der Waals surface area contributed by atoms with Gasteiger partial charge < -0.3 is 9.64 Å². The van der Waals surface area contributed by atoms with Crippen LogP contribution >= 0.6 is 11.8 Å². The predicted molar refractivity (Wildman–Crippen MR) is 91.3 cm³/mol. The van der Waals surface area contributed by atoms with Gasteiger partial charge in [0, 0.05) is 18.8 Å². The number of imidazole rings is 1. The van der Waals surface area contributed by atoms with Gasteiger partial charge in [0.25, 0.3) is 5.91 Å². The largest absolute Gasteiger partial charge is 0.372 e. The van der Waals surface area contributed by atoms with E-state index < -0.39 is 0 Å². The highest BCUT2D eigenvalue weighted by atomic mass is 32.2. The molecule has 1 amide bonds. The Labute approximate surface area is 140 Å². The number of morpholine rings is 1. The van der Waals surface area contributed by atoms with Gasteiger partial charge in [-0.1, -0.05) is 30.0 Å². The lowest BCUT2D eigenvalue weighted by Gasteiger charge is -2.35. The van der Waals surface area contributed by atoms with Gasteiger partial charge in [0.2, 0.25) is 0 Å². The van der Waals surface area contributed by atoms with Crippen molar-refractivity contribution in [2.75, 3.05) is 19.3 Å². The van der Waals surface area contributed by atoms with E-state index in [0.717, 1.165) is 10.8 Å². The molecular formula is C17H21N3O2S. The molecule has 2 heterocycles. The molecule has 0 N–H and O–H groups in total. The summed E-state index contributed by atoms with van der Waals surface area (Å²) in [6.45, 7) is 5.21. The van der Waals surface area contributed by atoms with Crippen LogP contribution in [0.15, 0.2) is 41.7 Å². The molecule has 2 atom stereocenters. The molecule has 2 aromatic rings. The van der Waals surface area contributed by atoms with Crippen LogP contribution in [0.3, 0.4) is 0 Å². The zero-order valence-electron chi connectivity index (χ0n) is 13.6. The summed E-state index contributed by atoms with van der Waals surface area (Å²) in [5.74, 6) is 0.00338. The first-order valence-electron chi connectivity index (χ1n) is 7.72. The van der Waals surface area contributed by atoms with E-state index in [1.54, 1.807) is 6.20 Å². The number of thioether (sulfide) groups is 1. The van der Waals surface area contributed by atoms with Crippen molar-refractivity contribution in [3.05, 3.63) is 42.2 Å². The molecule has 1 aromatic heterocycles. The number of hydrogen-bond donors (Lipinski definition) is 0. The molecule has 0 aliphatic carbocycles. The van der Waals surface area contributed by atoms with Crippen LogP contribution in [0.2, 0.25) is 0 Å². The summed E-state index contributed by atoms with van der Waals surface area (Å²) in [4.78, 5) is 19.3. The summed E-state index contributed by atoms with van der Waals surface area (Å²) in [5, 5.41) is 0.814. The molecule has 0 spiro atoms. The molecular weight excluding hydrogens is 310 g/mol. The summed E-state index contributed by atoms with van der Waals surface area (Å²) < 4.78 is 7.65. The summed E-state index contributed by atoms with van der Waals surface area (Å²) in [7, 11) is 0. The molecule has 1 aliphatic rings. The first-order valence-corrected chi connectivity index (χ1v) is 8.94. The van der Waals surface area contributed by atoms with Gasteiger partial charge in [-0.2, -0.15) is 0 Å². The Bertz CT molecular complexity index is 676. The lowest BCUT2D eigenvalue weighted by molar-refractivity contribution is -0.0588. The van der Waals surface area contributed by atoms with Gasteiger partial charge in [0.1, 0.15) is 5.69 Å².